The summed E-state index contributed by atoms with van der Waals surface area (Å²) in [4.78, 5) is 0.0734. The highest BCUT2D eigenvalue weighted by Gasteiger charge is 2.18. The third-order valence-corrected chi connectivity index (χ3v) is 4.52. The summed E-state index contributed by atoms with van der Waals surface area (Å²) in [7, 11) is -3.78. The minimum absolute atomic E-state index is 0.0734. The Balaban J connectivity index is 2.41. The van der Waals surface area contributed by atoms with Crippen molar-refractivity contribution in [2.45, 2.75) is 11.8 Å². The molecule has 2 aromatic rings. The number of rotatable bonds is 3. The van der Waals surface area contributed by atoms with Gasteiger partial charge in [-0.1, -0.05) is 23.7 Å². The topological polar surface area (TPSA) is 46.2 Å². The van der Waals surface area contributed by atoms with E-state index in [0.717, 1.165) is 6.07 Å². The second kappa shape index (κ2) is 5.19. The fraction of sp³-hybridized carbons (Fsp3) is 0.0769. The van der Waals surface area contributed by atoms with Crippen molar-refractivity contribution >= 4 is 27.3 Å². The van der Waals surface area contributed by atoms with Crippen LogP contribution in [0.2, 0.25) is 5.02 Å². The van der Waals surface area contributed by atoms with Gasteiger partial charge in [-0.3, -0.25) is 4.72 Å². The van der Waals surface area contributed by atoms with Gasteiger partial charge in [0.2, 0.25) is 0 Å². The van der Waals surface area contributed by atoms with E-state index in [-0.39, 0.29) is 10.6 Å². The molecule has 0 saturated carbocycles. The van der Waals surface area contributed by atoms with Gasteiger partial charge in [-0.2, -0.15) is 0 Å². The van der Waals surface area contributed by atoms with Gasteiger partial charge in [0.25, 0.3) is 10.0 Å². The molecule has 6 heteroatoms. The van der Waals surface area contributed by atoms with Crippen molar-refractivity contribution in [3.63, 3.8) is 0 Å². The van der Waals surface area contributed by atoms with Crippen molar-refractivity contribution in [3.05, 3.63) is 58.9 Å². The largest absolute Gasteiger partial charge is 0.280 e. The molecule has 1 N–H and O–H groups in total. The lowest BCUT2D eigenvalue weighted by Crippen LogP contribution is -2.14. The summed E-state index contributed by atoms with van der Waals surface area (Å²) in [5, 5.41) is 0.363. The Labute approximate surface area is 116 Å². The zero-order valence-electron chi connectivity index (χ0n) is 10.0. The molecule has 0 aliphatic rings. The van der Waals surface area contributed by atoms with Crippen molar-refractivity contribution in [1.29, 1.82) is 0 Å². The summed E-state index contributed by atoms with van der Waals surface area (Å²) in [6.45, 7) is 1.61. The van der Waals surface area contributed by atoms with Crippen LogP contribution in [0.15, 0.2) is 47.4 Å². The van der Waals surface area contributed by atoms with E-state index < -0.39 is 15.8 Å². The number of nitrogens with one attached hydrogen (secondary N) is 1. The highest BCUT2D eigenvalue weighted by molar-refractivity contribution is 7.92. The number of hydrogen-bond acceptors (Lipinski definition) is 2. The summed E-state index contributed by atoms with van der Waals surface area (Å²) >= 11 is 5.90. The SMILES string of the molecule is Cc1c(Cl)cccc1S(=O)(=O)Nc1cccc(F)c1. The van der Waals surface area contributed by atoms with Gasteiger partial charge in [0.1, 0.15) is 5.82 Å². The normalized spacial score (nSPS) is 11.3. The van der Waals surface area contributed by atoms with Crippen LogP contribution in [-0.4, -0.2) is 8.42 Å². The summed E-state index contributed by atoms with van der Waals surface area (Å²) in [6, 6.07) is 9.86. The third-order valence-electron chi connectivity index (χ3n) is 2.58. The number of hydrogen-bond donors (Lipinski definition) is 1. The quantitative estimate of drug-likeness (QED) is 0.941. The van der Waals surface area contributed by atoms with Gasteiger partial charge in [-0.15, -0.1) is 0 Å². The van der Waals surface area contributed by atoms with Gasteiger partial charge < -0.3 is 0 Å². The Bertz CT molecular complexity index is 716. The van der Waals surface area contributed by atoms with Gasteiger partial charge in [0.05, 0.1) is 10.6 Å². The van der Waals surface area contributed by atoms with Gasteiger partial charge in [-0.05, 0) is 42.8 Å². The monoisotopic (exact) mass is 299 g/mol. The third kappa shape index (κ3) is 3.05. The molecule has 0 saturated heterocycles. The van der Waals surface area contributed by atoms with Crippen LogP contribution in [0.1, 0.15) is 5.56 Å². The van der Waals surface area contributed by atoms with Crippen molar-refractivity contribution in [3.8, 4) is 0 Å². The molecule has 0 spiro atoms. The molecule has 0 radical (unpaired) electrons. The molecule has 2 aromatic carbocycles. The fourth-order valence-corrected chi connectivity index (χ4v) is 3.19. The second-order valence-electron chi connectivity index (χ2n) is 3.98. The predicted molar refractivity (Wildman–Crippen MR) is 73.4 cm³/mol. The maximum absolute atomic E-state index is 13.0. The van der Waals surface area contributed by atoms with Crippen LogP contribution in [0.3, 0.4) is 0 Å². The minimum Gasteiger partial charge on any atom is -0.280 e. The van der Waals surface area contributed by atoms with E-state index in [4.69, 9.17) is 11.6 Å². The molecule has 100 valence electrons. The van der Waals surface area contributed by atoms with Crippen molar-refractivity contribution < 1.29 is 12.8 Å². The lowest BCUT2D eigenvalue weighted by Gasteiger charge is -2.11. The molecule has 0 aliphatic heterocycles. The molecule has 0 heterocycles. The van der Waals surface area contributed by atoms with Gasteiger partial charge in [0.15, 0.2) is 0 Å². The molecule has 0 aromatic heterocycles. The maximum atomic E-state index is 13.0. The first-order valence-electron chi connectivity index (χ1n) is 5.43. The maximum Gasteiger partial charge on any atom is 0.262 e. The first-order valence-corrected chi connectivity index (χ1v) is 7.30. The first kappa shape index (κ1) is 13.8. The van der Waals surface area contributed by atoms with Gasteiger partial charge in [-0.25, -0.2) is 12.8 Å². The van der Waals surface area contributed by atoms with Crippen LogP contribution in [-0.2, 0) is 10.0 Å². The highest BCUT2D eigenvalue weighted by atomic mass is 35.5. The second-order valence-corrected chi connectivity index (χ2v) is 6.04. The smallest absolute Gasteiger partial charge is 0.262 e. The van der Waals surface area contributed by atoms with Crippen LogP contribution in [0.4, 0.5) is 10.1 Å². The van der Waals surface area contributed by atoms with Crippen LogP contribution >= 0.6 is 11.6 Å². The average Bonchev–Trinajstić information content (AvgIpc) is 2.32. The summed E-state index contributed by atoms with van der Waals surface area (Å²) in [5.74, 6) is -0.511. The van der Waals surface area contributed by atoms with Crippen LogP contribution in [0, 0.1) is 12.7 Å². The van der Waals surface area contributed by atoms with E-state index in [1.54, 1.807) is 19.1 Å². The summed E-state index contributed by atoms with van der Waals surface area (Å²) < 4.78 is 39.7. The van der Waals surface area contributed by atoms with E-state index >= 15 is 0 Å². The average molecular weight is 300 g/mol. The Morgan fingerprint density at radius 2 is 1.84 bits per heavy atom. The summed E-state index contributed by atoms with van der Waals surface area (Å²) in [6.07, 6.45) is 0. The Hall–Kier alpha value is -1.59. The zero-order valence-corrected chi connectivity index (χ0v) is 11.6. The molecule has 2 rings (SSSR count). The van der Waals surface area contributed by atoms with E-state index in [1.165, 1.54) is 24.3 Å². The van der Waals surface area contributed by atoms with Gasteiger partial charge in [0, 0.05) is 5.02 Å². The molecular formula is C13H11ClFNO2S. The molecule has 0 atom stereocenters. The van der Waals surface area contributed by atoms with E-state index in [0.29, 0.717) is 10.6 Å². The summed E-state index contributed by atoms with van der Waals surface area (Å²) in [5.41, 5.74) is 0.618. The number of halogens is 2. The Morgan fingerprint density at radius 1 is 1.16 bits per heavy atom. The van der Waals surface area contributed by atoms with Gasteiger partial charge >= 0.3 is 0 Å². The predicted octanol–water partition coefficient (Wildman–Crippen LogP) is 3.59. The molecular weight excluding hydrogens is 289 g/mol. The van der Waals surface area contributed by atoms with E-state index in [9.17, 15) is 12.8 Å². The molecule has 0 amide bonds. The molecule has 19 heavy (non-hydrogen) atoms. The number of anilines is 1. The number of benzene rings is 2. The fourth-order valence-electron chi connectivity index (χ4n) is 1.64. The van der Waals surface area contributed by atoms with E-state index in [1.807, 2.05) is 0 Å². The van der Waals surface area contributed by atoms with Crippen molar-refractivity contribution in [2.75, 3.05) is 4.72 Å². The van der Waals surface area contributed by atoms with Crippen molar-refractivity contribution in [2.24, 2.45) is 0 Å². The molecule has 3 nitrogen and oxygen atoms in total. The van der Waals surface area contributed by atoms with E-state index in [2.05, 4.69) is 4.72 Å². The Kier molecular flexibility index (Phi) is 3.78. The molecule has 0 unspecified atom stereocenters. The molecule has 0 aliphatic carbocycles. The van der Waals surface area contributed by atoms with Crippen LogP contribution in [0.25, 0.3) is 0 Å². The minimum atomic E-state index is -3.78. The zero-order chi connectivity index (χ0) is 14.0. The Morgan fingerprint density at radius 3 is 2.53 bits per heavy atom. The highest BCUT2D eigenvalue weighted by Crippen LogP contribution is 2.24. The molecule has 0 bridgehead atoms. The molecule has 0 fully saturated rings. The van der Waals surface area contributed by atoms with Crippen LogP contribution in [0.5, 0.6) is 0 Å². The van der Waals surface area contributed by atoms with Crippen LogP contribution < -0.4 is 4.72 Å². The lowest BCUT2D eigenvalue weighted by molar-refractivity contribution is 0.600. The lowest BCUT2D eigenvalue weighted by atomic mass is 10.2. The standard InChI is InChI=1S/C13H11ClFNO2S/c1-9-12(14)6-3-7-13(9)19(17,18)16-11-5-2-4-10(15)8-11/h2-8,16H,1H3. The number of sulfonamides is 1. The van der Waals surface area contributed by atoms with Crippen molar-refractivity contribution in [1.82, 2.24) is 0 Å². The first-order chi connectivity index (χ1) is 8.90.